The zero-order valence-electron chi connectivity index (χ0n) is 22.6. The lowest BCUT2D eigenvalue weighted by atomic mass is 10.1. The third-order valence-corrected chi connectivity index (χ3v) is 5.96. The molecule has 1 N–H and O–H groups in total. The summed E-state index contributed by atoms with van der Waals surface area (Å²) < 4.78 is 67.5. The maximum Gasteiger partial charge on any atom is 0.416 e. The number of halogens is 3. The number of nitrogens with one attached hydrogen (secondary N) is 1. The van der Waals surface area contributed by atoms with Gasteiger partial charge in [-0.1, -0.05) is 17.3 Å². The lowest BCUT2D eigenvalue weighted by Crippen LogP contribution is -2.23. The quantitative estimate of drug-likeness (QED) is 0.273. The molecule has 0 aliphatic heterocycles. The van der Waals surface area contributed by atoms with Gasteiger partial charge in [0.15, 0.2) is 23.0 Å². The van der Waals surface area contributed by atoms with Gasteiger partial charge in [0.05, 0.1) is 45.9 Å². The average molecular weight is 573 g/mol. The van der Waals surface area contributed by atoms with Gasteiger partial charge in [-0.3, -0.25) is 4.79 Å². The summed E-state index contributed by atoms with van der Waals surface area (Å²) in [6.45, 7) is 0.185. The van der Waals surface area contributed by atoms with Crippen molar-refractivity contribution in [3.8, 4) is 34.4 Å². The number of aromatic nitrogens is 3. The van der Waals surface area contributed by atoms with E-state index < -0.39 is 11.7 Å². The van der Waals surface area contributed by atoms with Crippen LogP contribution in [0.5, 0.6) is 28.7 Å². The van der Waals surface area contributed by atoms with E-state index in [2.05, 4.69) is 15.6 Å². The van der Waals surface area contributed by atoms with Gasteiger partial charge in [0, 0.05) is 12.1 Å². The van der Waals surface area contributed by atoms with Crippen LogP contribution in [-0.4, -0.2) is 49.3 Å². The van der Waals surface area contributed by atoms with E-state index in [-0.39, 0.29) is 24.7 Å². The van der Waals surface area contributed by atoms with Gasteiger partial charge in [-0.25, -0.2) is 4.68 Å². The van der Waals surface area contributed by atoms with Crippen LogP contribution in [0.25, 0.3) is 5.69 Å². The number of nitrogens with zero attached hydrogens (tertiary/aromatic N) is 3. The van der Waals surface area contributed by atoms with E-state index in [0.717, 1.165) is 17.7 Å². The van der Waals surface area contributed by atoms with Crippen LogP contribution in [0.1, 0.15) is 27.2 Å². The average Bonchev–Trinajstić information content (AvgIpc) is 3.46. The number of carbonyl (C=O) groups excluding carboxylic acids is 1. The molecule has 4 rings (SSSR count). The van der Waals surface area contributed by atoms with E-state index in [4.69, 9.17) is 23.7 Å². The van der Waals surface area contributed by atoms with Crippen LogP contribution < -0.4 is 29.0 Å². The second-order valence-electron chi connectivity index (χ2n) is 8.57. The molecule has 13 heteroatoms. The number of methoxy groups -OCH3 is 4. The van der Waals surface area contributed by atoms with Crippen molar-refractivity contribution in [1.29, 1.82) is 0 Å². The molecule has 216 valence electrons. The number of ether oxygens (including phenoxy) is 5. The molecule has 0 radical (unpaired) electrons. The Hall–Kier alpha value is -4.94. The van der Waals surface area contributed by atoms with Crippen LogP contribution in [0.15, 0.2) is 60.8 Å². The third kappa shape index (κ3) is 6.80. The Balaban J connectivity index is 1.40. The van der Waals surface area contributed by atoms with Gasteiger partial charge in [-0.15, -0.1) is 5.10 Å². The molecular formula is C28H27F3N4O6. The second kappa shape index (κ2) is 12.5. The smallest absolute Gasteiger partial charge is 0.416 e. The molecule has 0 unspecified atom stereocenters. The SMILES string of the molecule is COc1cc(CNC(=O)c2cc(OC)c(OC)c(OC)c2)ccc1OCc1cn(-c2cccc(C(F)(F)F)c2)nn1. The van der Waals surface area contributed by atoms with Crippen molar-refractivity contribution in [2.75, 3.05) is 28.4 Å². The van der Waals surface area contributed by atoms with Crippen LogP contribution in [0.2, 0.25) is 0 Å². The minimum Gasteiger partial charge on any atom is -0.493 e. The molecule has 0 spiro atoms. The summed E-state index contributed by atoms with van der Waals surface area (Å²) in [5.41, 5.74) is 0.892. The van der Waals surface area contributed by atoms with Gasteiger partial charge in [0.1, 0.15) is 12.3 Å². The van der Waals surface area contributed by atoms with E-state index in [0.29, 0.717) is 40.0 Å². The number of rotatable bonds is 11. The van der Waals surface area contributed by atoms with Crippen molar-refractivity contribution < 1.29 is 41.7 Å². The summed E-state index contributed by atoms with van der Waals surface area (Å²) in [6, 6.07) is 13.0. The van der Waals surface area contributed by atoms with Gasteiger partial charge in [-0.2, -0.15) is 13.2 Å². The Labute approximate surface area is 233 Å². The maximum absolute atomic E-state index is 13.0. The van der Waals surface area contributed by atoms with Crippen molar-refractivity contribution in [3.05, 3.63) is 83.2 Å². The highest BCUT2D eigenvalue weighted by Gasteiger charge is 2.30. The minimum absolute atomic E-state index is 0.00740. The van der Waals surface area contributed by atoms with E-state index in [9.17, 15) is 18.0 Å². The van der Waals surface area contributed by atoms with Crippen LogP contribution >= 0.6 is 0 Å². The molecular weight excluding hydrogens is 545 g/mol. The summed E-state index contributed by atoms with van der Waals surface area (Å²) in [7, 11) is 5.89. The van der Waals surface area contributed by atoms with Crippen LogP contribution in [0.3, 0.4) is 0 Å². The van der Waals surface area contributed by atoms with Crippen molar-refractivity contribution in [1.82, 2.24) is 20.3 Å². The first-order valence-corrected chi connectivity index (χ1v) is 12.1. The van der Waals surface area contributed by atoms with Crippen molar-refractivity contribution in [2.24, 2.45) is 0 Å². The van der Waals surface area contributed by atoms with E-state index in [1.165, 1.54) is 51.5 Å². The first-order chi connectivity index (χ1) is 19.7. The highest BCUT2D eigenvalue weighted by atomic mass is 19.4. The molecule has 0 saturated heterocycles. The van der Waals surface area contributed by atoms with Crippen molar-refractivity contribution in [3.63, 3.8) is 0 Å². The highest BCUT2D eigenvalue weighted by molar-refractivity contribution is 5.95. The Morgan fingerprint density at radius 2 is 1.59 bits per heavy atom. The number of benzene rings is 3. The molecule has 0 atom stereocenters. The lowest BCUT2D eigenvalue weighted by Gasteiger charge is -2.14. The summed E-state index contributed by atoms with van der Waals surface area (Å²) in [6.07, 6.45) is -2.99. The Bertz CT molecular complexity index is 1500. The lowest BCUT2D eigenvalue weighted by molar-refractivity contribution is -0.137. The number of hydrogen-bond donors (Lipinski definition) is 1. The Morgan fingerprint density at radius 3 is 2.22 bits per heavy atom. The zero-order chi connectivity index (χ0) is 29.6. The summed E-state index contributed by atoms with van der Waals surface area (Å²) in [5, 5.41) is 10.7. The van der Waals surface area contributed by atoms with Gasteiger partial charge < -0.3 is 29.0 Å². The molecule has 0 aliphatic rings. The Morgan fingerprint density at radius 1 is 0.878 bits per heavy atom. The van der Waals surface area contributed by atoms with Crippen molar-refractivity contribution in [2.45, 2.75) is 19.3 Å². The van der Waals surface area contributed by atoms with Crippen LogP contribution in [-0.2, 0) is 19.3 Å². The van der Waals surface area contributed by atoms with Gasteiger partial charge in [0.2, 0.25) is 5.75 Å². The minimum atomic E-state index is -4.47. The van der Waals surface area contributed by atoms with Crippen LogP contribution in [0, 0.1) is 0 Å². The molecule has 0 saturated carbocycles. The fourth-order valence-electron chi connectivity index (χ4n) is 3.90. The summed E-state index contributed by atoms with van der Waals surface area (Å²) in [4.78, 5) is 12.8. The Kier molecular flexibility index (Phi) is 8.85. The number of alkyl halides is 3. The van der Waals surface area contributed by atoms with E-state index >= 15 is 0 Å². The maximum atomic E-state index is 13.0. The summed E-state index contributed by atoms with van der Waals surface area (Å²) >= 11 is 0. The van der Waals surface area contributed by atoms with Crippen molar-refractivity contribution >= 4 is 5.91 Å². The fraction of sp³-hybridized carbons (Fsp3) is 0.250. The second-order valence-corrected chi connectivity index (χ2v) is 8.57. The molecule has 1 heterocycles. The zero-order valence-corrected chi connectivity index (χ0v) is 22.6. The highest BCUT2D eigenvalue weighted by Crippen LogP contribution is 2.38. The first-order valence-electron chi connectivity index (χ1n) is 12.1. The van der Waals surface area contributed by atoms with E-state index in [1.54, 1.807) is 30.3 Å². The molecule has 0 bridgehead atoms. The molecule has 1 aromatic heterocycles. The fourth-order valence-corrected chi connectivity index (χ4v) is 3.90. The normalized spacial score (nSPS) is 11.1. The van der Waals surface area contributed by atoms with Gasteiger partial charge in [-0.05, 0) is 48.0 Å². The largest absolute Gasteiger partial charge is 0.493 e. The van der Waals surface area contributed by atoms with Crippen LogP contribution in [0.4, 0.5) is 13.2 Å². The third-order valence-electron chi connectivity index (χ3n) is 5.96. The molecule has 1 amide bonds. The number of carbonyl (C=O) groups is 1. The number of amides is 1. The van der Waals surface area contributed by atoms with Gasteiger partial charge in [0.25, 0.3) is 5.91 Å². The molecule has 0 aliphatic carbocycles. The van der Waals surface area contributed by atoms with Gasteiger partial charge >= 0.3 is 6.18 Å². The standard InChI is InChI=1S/C28H27F3N4O6/c1-37-23-10-17(14-32-27(36)18-11-24(38-2)26(40-4)25(12-18)39-3)8-9-22(23)41-16-20-15-35(34-33-20)21-7-5-6-19(13-21)28(29,30)31/h5-13,15H,14,16H2,1-4H3,(H,32,36). The topological polar surface area (TPSA) is 106 Å². The number of hydrogen-bond acceptors (Lipinski definition) is 8. The first kappa shape index (κ1) is 29.1. The monoisotopic (exact) mass is 572 g/mol. The predicted octanol–water partition coefficient (Wildman–Crippen LogP) is 4.83. The molecule has 3 aromatic carbocycles. The molecule has 10 nitrogen and oxygen atoms in total. The molecule has 41 heavy (non-hydrogen) atoms. The predicted molar refractivity (Wildman–Crippen MR) is 141 cm³/mol. The molecule has 4 aromatic rings. The summed E-state index contributed by atoms with van der Waals surface area (Å²) in [5.74, 6) is 1.55. The molecule has 0 fully saturated rings. The van der Waals surface area contributed by atoms with E-state index in [1.807, 2.05) is 0 Å².